The summed E-state index contributed by atoms with van der Waals surface area (Å²) >= 11 is 0. The van der Waals surface area contributed by atoms with Crippen molar-refractivity contribution in [3.05, 3.63) is 59.5 Å². The normalized spacial score (nSPS) is 14.7. The van der Waals surface area contributed by atoms with Crippen LogP contribution in [0.1, 0.15) is 21.8 Å². The summed E-state index contributed by atoms with van der Waals surface area (Å²) in [6.07, 6.45) is 0. The first-order chi connectivity index (χ1) is 14.5. The number of rotatable bonds is 5. The lowest BCUT2D eigenvalue weighted by atomic mass is 10.1. The van der Waals surface area contributed by atoms with E-state index in [9.17, 15) is 9.90 Å². The number of carbonyl (C=O) groups is 1. The minimum Gasteiger partial charge on any atom is -0.507 e. The molecule has 0 radical (unpaired) electrons. The smallest absolute Gasteiger partial charge is 0.257 e. The highest BCUT2D eigenvalue weighted by Gasteiger charge is 2.25. The van der Waals surface area contributed by atoms with E-state index in [0.29, 0.717) is 50.2 Å². The molecule has 30 heavy (non-hydrogen) atoms. The second-order valence-corrected chi connectivity index (χ2v) is 7.33. The summed E-state index contributed by atoms with van der Waals surface area (Å²) in [6.45, 7) is 5.06. The Hall–Kier alpha value is -3.39. The number of hydrogen-bond donors (Lipinski definition) is 1. The number of benzene rings is 2. The van der Waals surface area contributed by atoms with Crippen LogP contribution in [0.2, 0.25) is 0 Å². The molecule has 156 valence electrons. The molecule has 1 fully saturated rings. The summed E-state index contributed by atoms with van der Waals surface area (Å²) in [6, 6.07) is 12.7. The van der Waals surface area contributed by atoms with Gasteiger partial charge in [-0.2, -0.15) is 4.98 Å². The van der Waals surface area contributed by atoms with E-state index in [2.05, 4.69) is 15.0 Å². The fraction of sp³-hybridized carbons (Fsp3) is 0.318. The van der Waals surface area contributed by atoms with Crippen LogP contribution in [0.4, 0.5) is 0 Å². The maximum atomic E-state index is 12.7. The van der Waals surface area contributed by atoms with Gasteiger partial charge in [0.15, 0.2) is 0 Å². The van der Waals surface area contributed by atoms with E-state index >= 15 is 0 Å². The number of hydrogen-bond acceptors (Lipinski definition) is 7. The fourth-order valence-corrected chi connectivity index (χ4v) is 3.43. The molecule has 1 aromatic heterocycles. The van der Waals surface area contributed by atoms with Crippen LogP contribution in [0, 0.1) is 6.92 Å². The molecular weight excluding hydrogens is 384 g/mol. The monoisotopic (exact) mass is 408 g/mol. The first-order valence-corrected chi connectivity index (χ1v) is 9.82. The molecule has 0 atom stereocenters. The van der Waals surface area contributed by atoms with Crippen molar-refractivity contribution in [2.45, 2.75) is 13.5 Å². The molecule has 2 aromatic carbocycles. The highest BCUT2D eigenvalue weighted by Crippen LogP contribution is 2.25. The summed E-state index contributed by atoms with van der Waals surface area (Å²) in [7, 11) is 1.52. The van der Waals surface area contributed by atoms with Crippen LogP contribution in [0.15, 0.2) is 47.0 Å². The van der Waals surface area contributed by atoms with Crippen LogP contribution < -0.4 is 4.74 Å². The Morgan fingerprint density at radius 3 is 2.53 bits per heavy atom. The van der Waals surface area contributed by atoms with Crippen molar-refractivity contribution < 1.29 is 19.2 Å². The molecule has 1 saturated heterocycles. The fourth-order valence-electron chi connectivity index (χ4n) is 3.43. The molecule has 1 amide bonds. The largest absolute Gasteiger partial charge is 0.507 e. The van der Waals surface area contributed by atoms with Crippen LogP contribution in [-0.2, 0) is 6.54 Å². The summed E-state index contributed by atoms with van der Waals surface area (Å²) in [4.78, 5) is 21.1. The number of ether oxygens (including phenoxy) is 1. The molecular formula is C22H24N4O4. The van der Waals surface area contributed by atoms with Gasteiger partial charge in [-0.25, -0.2) is 0 Å². The lowest BCUT2D eigenvalue weighted by molar-refractivity contribution is 0.0612. The zero-order valence-electron chi connectivity index (χ0n) is 17.0. The second-order valence-electron chi connectivity index (χ2n) is 7.33. The summed E-state index contributed by atoms with van der Waals surface area (Å²) in [5.74, 6) is 1.39. The van der Waals surface area contributed by atoms with Gasteiger partial charge >= 0.3 is 0 Å². The zero-order chi connectivity index (χ0) is 21.1. The number of methoxy groups -OCH3 is 1. The highest BCUT2D eigenvalue weighted by atomic mass is 16.5. The van der Waals surface area contributed by atoms with Crippen LogP contribution in [0.25, 0.3) is 11.4 Å². The predicted octanol–water partition coefficient (Wildman–Crippen LogP) is 2.72. The van der Waals surface area contributed by atoms with Gasteiger partial charge < -0.3 is 19.3 Å². The lowest BCUT2D eigenvalue weighted by Crippen LogP contribution is -2.48. The third-order valence-corrected chi connectivity index (χ3v) is 5.23. The van der Waals surface area contributed by atoms with Crippen molar-refractivity contribution in [3.63, 3.8) is 0 Å². The zero-order valence-corrected chi connectivity index (χ0v) is 17.0. The molecule has 0 aliphatic carbocycles. The predicted molar refractivity (Wildman–Crippen MR) is 110 cm³/mol. The molecule has 1 aliphatic rings. The van der Waals surface area contributed by atoms with Crippen molar-refractivity contribution in [2.24, 2.45) is 0 Å². The van der Waals surface area contributed by atoms with Gasteiger partial charge in [-0.3, -0.25) is 9.69 Å². The number of aromatic nitrogens is 2. The molecule has 0 bridgehead atoms. The molecule has 1 N–H and O–H groups in total. The highest BCUT2D eigenvalue weighted by molar-refractivity contribution is 5.97. The van der Waals surface area contributed by atoms with E-state index in [1.165, 1.54) is 18.7 Å². The van der Waals surface area contributed by atoms with Gasteiger partial charge in [-0.1, -0.05) is 35.0 Å². The Kier molecular flexibility index (Phi) is 5.67. The van der Waals surface area contributed by atoms with Gasteiger partial charge in [0.2, 0.25) is 11.7 Å². The summed E-state index contributed by atoms with van der Waals surface area (Å²) in [5.41, 5.74) is 2.38. The maximum absolute atomic E-state index is 12.7. The number of amides is 1. The first kappa shape index (κ1) is 19.9. The first-order valence-electron chi connectivity index (χ1n) is 9.82. The Bertz CT molecular complexity index is 1020. The number of aryl methyl sites for hydroxylation is 1. The van der Waals surface area contributed by atoms with Gasteiger partial charge in [0.1, 0.15) is 11.5 Å². The van der Waals surface area contributed by atoms with Crippen LogP contribution in [0.5, 0.6) is 11.5 Å². The number of carbonyl (C=O) groups excluding carboxylic acids is 1. The molecule has 2 heterocycles. The van der Waals surface area contributed by atoms with E-state index in [4.69, 9.17) is 9.26 Å². The SMILES string of the molecule is COc1ccc(C(=O)N2CCN(Cc3nc(-c4ccc(C)cc4)no3)CC2)c(O)c1. The Morgan fingerprint density at radius 1 is 1.13 bits per heavy atom. The van der Waals surface area contributed by atoms with E-state index in [1.54, 1.807) is 17.0 Å². The number of phenolic OH excluding ortho intramolecular Hbond substituents is 1. The molecule has 0 spiro atoms. The second kappa shape index (κ2) is 8.54. The van der Waals surface area contributed by atoms with E-state index in [0.717, 1.165) is 5.56 Å². The van der Waals surface area contributed by atoms with Crippen molar-refractivity contribution >= 4 is 5.91 Å². The van der Waals surface area contributed by atoms with Crippen molar-refractivity contribution in [1.29, 1.82) is 0 Å². The third-order valence-electron chi connectivity index (χ3n) is 5.23. The van der Waals surface area contributed by atoms with Gasteiger partial charge in [0.25, 0.3) is 5.91 Å². The Balaban J connectivity index is 1.34. The van der Waals surface area contributed by atoms with Gasteiger partial charge in [-0.15, -0.1) is 0 Å². The quantitative estimate of drug-likeness (QED) is 0.694. The number of phenols is 1. The van der Waals surface area contributed by atoms with Crippen molar-refractivity contribution in [1.82, 2.24) is 19.9 Å². The van der Waals surface area contributed by atoms with Gasteiger partial charge in [0, 0.05) is 37.8 Å². The number of aromatic hydroxyl groups is 1. The van der Waals surface area contributed by atoms with E-state index < -0.39 is 0 Å². The average molecular weight is 408 g/mol. The molecule has 0 saturated carbocycles. The standard InChI is InChI=1S/C22H24N4O4/c1-15-3-5-16(6-4-15)21-23-20(30-24-21)14-25-9-11-26(12-10-25)22(28)18-8-7-17(29-2)13-19(18)27/h3-8,13,27H,9-12,14H2,1-2H3. The topological polar surface area (TPSA) is 91.9 Å². The molecule has 4 rings (SSSR count). The molecule has 1 aliphatic heterocycles. The minimum atomic E-state index is -0.186. The maximum Gasteiger partial charge on any atom is 0.257 e. The van der Waals surface area contributed by atoms with Crippen LogP contribution in [0.3, 0.4) is 0 Å². The van der Waals surface area contributed by atoms with E-state index in [-0.39, 0.29) is 17.2 Å². The third kappa shape index (κ3) is 4.28. The van der Waals surface area contributed by atoms with Gasteiger partial charge in [-0.05, 0) is 19.1 Å². The Morgan fingerprint density at radius 2 is 1.87 bits per heavy atom. The van der Waals surface area contributed by atoms with Crippen molar-refractivity contribution in [2.75, 3.05) is 33.3 Å². The van der Waals surface area contributed by atoms with Crippen LogP contribution in [-0.4, -0.2) is 64.2 Å². The Labute approximate surface area is 174 Å². The number of piperazine rings is 1. The summed E-state index contributed by atoms with van der Waals surface area (Å²) in [5, 5.41) is 14.2. The van der Waals surface area contributed by atoms with Gasteiger partial charge in [0.05, 0.1) is 19.2 Å². The molecule has 3 aromatic rings. The van der Waals surface area contributed by atoms with Crippen LogP contribution >= 0.6 is 0 Å². The molecule has 0 unspecified atom stereocenters. The minimum absolute atomic E-state index is 0.0729. The van der Waals surface area contributed by atoms with E-state index in [1.807, 2.05) is 31.2 Å². The average Bonchev–Trinajstić information content (AvgIpc) is 3.22. The van der Waals surface area contributed by atoms with Crippen molar-refractivity contribution in [3.8, 4) is 22.9 Å². The number of nitrogens with zero attached hydrogens (tertiary/aromatic N) is 4. The summed E-state index contributed by atoms with van der Waals surface area (Å²) < 4.78 is 10.5. The molecule has 8 heteroatoms. The lowest BCUT2D eigenvalue weighted by Gasteiger charge is -2.34. The molecule has 8 nitrogen and oxygen atoms in total.